The largest absolute Gasteiger partial charge is 0.417 e. The number of benzene rings is 1. The summed E-state index contributed by atoms with van der Waals surface area (Å²) in [4.78, 5) is 0. The molecule has 0 aromatic heterocycles. The normalized spacial score (nSPS) is 11.0. The summed E-state index contributed by atoms with van der Waals surface area (Å²) in [6.07, 6.45) is 4.81. The van der Waals surface area contributed by atoms with E-state index in [9.17, 15) is 0 Å². The van der Waals surface area contributed by atoms with Gasteiger partial charge in [-0.3, -0.25) is 0 Å². The topological polar surface area (TPSA) is 27.7 Å². The molecule has 0 aliphatic carbocycles. The molecule has 0 amide bonds. The van der Waals surface area contributed by atoms with Crippen molar-refractivity contribution in [1.82, 2.24) is 0 Å². The first kappa shape index (κ1) is 19.1. The SMILES string of the molecule is C=Cc1cccc(CCCO[Si]CCC(OCC)OCC)c1. The van der Waals surface area contributed by atoms with Crippen LogP contribution in [0.5, 0.6) is 0 Å². The summed E-state index contributed by atoms with van der Waals surface area (Å²) in [5.41, 5.74) is 2.52. The molecule has 0 saturated carbocycles. The summed E-state index contributed by atoms with van der Waals surface area (Å²) in [5, 5.41) is 0. The van der Waals surface area contributed by atoms with E-state index < -0.39 is 0 Å². The Hall–Kier alpha value is -0.943. The van der Waals surface area contributed by atoms with Crippen molar-refractivity contribution in [3.63, 3.8) is 0 Å². The lowest BCUT2D eigenvalue weighted by atomic mass is 10.1. The fourth-order valence-corrected chi connectivity index (χ4v) is 2.92. The first-order valence-electron chi connectivity index (χ1n) is 8.09. The zero-order valence-electron chi connectivity index (χ0n) is 13.8. The van der Waals surface area contributed by atoms with E-state index in [4.69, 9.17) is 13.9 Å². The quantitative estimate of drug-likeness (QED) is 0.311. The van der Waals surface area contributed by atoms with Crippen LogP contribution in [0.25, 0.3) is 6.08 Å². The van der Waals surface area contributed by atoms with Gasteiger partial charge in [-0.2, -0.15) is 0 Å². The summed E-state index contributed by atoms with van der Waals surface area (Å²) >= 11 is 0. The molecule has 0 heterocycles. The van der Waals surface area contributed by atoms with Crippen LogP contribution in [0.1, 0.15) is 37.8 Å². The molecule has 0 spiro atoms. The van der Waals surface area contributed by atoms with Crippen LogP contribution in [-0.4, -0.2) is 35.9 Å². The van der Waals surface area contributed by atoms with Gasteiger partial charge in [0.15, 0.2) is 6.29 Å². The third-order valence-corrected chi connectivity index (χ3v) is 4.09. The summed E-state index contributed by atoms with van der Waals surface area (Å²) in [6, 6.07) is 9.49. The molecule has 2 radical (unpaired) electrons. The molecule has 0 bridgehead atoms. The summed E-state index contributed by atoms with van der Waals surface area (Å²) in [5.74, 6) is 0. The van der Waals surface area contributed by atoms with Crippen molar-refractivity contribution < 1.29 is 13.9 Å². The monoisotopic (exact) mass is 320 g/mol. The molecule has 1 aromatic rings. The second kappa shape index (κ2) is 12.6. The Morgan fingerprint density at radius 2 is 2.00 bits per heavy atom. The zero-order chi connectivity index (χ0) is 16.0. The van der Waals surface area contributed by atoms with Crippen LogP contribution in [-0.2, 0) is 20.3 Å². The van der Waals surface area contributed by atoms with Crippen molar-refractivity contribution in [2.24, 2.45) is 0 Å². The third kappa shape index (κ3) is 8.49. The molecule has 0 atom stereocenters. The van der Waals surface area contributed by atoms with Crippen LogP contribution in [0.15, 0.2) is 30.8 Å². The Bertz CT molecular complexity index is 403. The molecule has 0 aliphatic heterocycles. The van der Waals surface area contributed by atoms with Crippen LogP contribution in [0.4, 0.5) is 0 Å². The van der Waals surface area contributed by atoms with Gasteiger partial charge in [-0.25, -0.2) is 0 Å². The Balaban J connectivity index is 2.06. The Labute approximate surface area is 137 Å². The van der Waals surface area contributed by atoms with Crippen molar-refractivity contribution >= 4 is 15.8 Å². The van der Waals surface area contributed by atoms with E-state index in [1.165, 1.54) is 11.1 Å². The summed E-state index contributed by atoms with van der Waals surface area (Å²) in [6.45, 7) is 9.98. The number of rotatable bonds is 13. The highest BCUT2D eigenvalue weighted by Gasteiger charge is 2.07. The Morgan fingerprint density at radius 3 is 2.68 bits per heavy atom. The Morgan fingerprint density at radius 1 is 1.23 bits per heavy atom. The molecule has 0 saturated heterocycles. The highest BCUT2D eigenvalue weighted by molar-refractivity contribution is 6.26. The maximum Gasteiger partial charge on any atom is 0.229 e. The van der Waals surface area contributed by atoms with Gasteiger partial charge in [0.05, 0.1) is 0 Å². The molecule has 0 N–H and O–H groups in total. The van der Waals surface area contributed by atoms with Crippen molar-refractivity contribution in [1.29, 1.82) is 0 Å². The standard InChI is InChI=1S/C18H28O3Si/c1-4-16-9-7-10-17(15-16)11-8-13-21-22-14-12-18(19-5-2)20-6-3/h4,7,9-10,15,18H,1,5-6,8,11-14H2,2-3H3. The molecule has 0 fully saturated rings. The minimum absolute atomic E-state index is 0.0762. The fourth-order valence-electron chi connectivity index (χ4n) is 2.13. The van der Waals surface area contributed by atoms with Gasteiger partial charge in [-0.15, -0.1) is 0 Å². The molecule has 0 aliphatic rings. The van der Waals surface area contributed by atoms with Gasteiger partial charge in [-0.05, 0) is 50.3 Å². The van der Waals surface area contributed by atoms with E-state index in [1.54, 1.807) is 0 Å². The van der Waals surface area contributed by atoms with E-state index in [0.717, 1.165) is 31.9 Å². The first-order valence-corrected chi connectivity index (χ1v) is 9.20. The predicted octanol–water partition coefficient (Wildman–Crippen LogP) is 4.11. The van der Waals surface area contributed by atoms with Gasteiger partial charge in [0.25, 0.3) is 0 Å². The Kier molecular flexibility index (Phi) is 10.9. The molecule has 1 rings (SSSR count). The van der Waals surface area contributed by atoms with Gasteiger partial charge in [-0.1, -0.05) is 36.9 Å². The van der Waals surface area contributed by atoms with Gasteiger partial charge in [0.2, 0.25) is 9.76 Å². The predicted molar refractivity (Wildman–Crippen MR) is 93.0 cm³/mol. The summed E-state index contributed by atoms with van der Waals surface area (Å²) < 4.78 is 16.7. The molecular weight excluding hydrogens is 292 g/mol. The maximum atomic E-state index is 5.72. The molecule has 122 valence electrons. The van der Waals surface area contributed by atoms with Crippen LogP contribution in [0.3, 0.4) is 0 Å². The van der Waals surface area contributed by atoms with Crippen molar-refractivity contribution in [2.45, 2.75) is 45.4 Å². The van der Waals surface area contributed by atoms with E-state index in [2.05, 4.69) is 30.8 Å². The lowest BCUT2D eigenvalue weighted by molar-refractivity contribution is -0.136. The molecule has 1 aromatic carbocycles. The van der Waals surface area contributed by atoms with Gasteiger partial charge in [0.1, 0.15) is 0 Å². The number of ether oxygens (including phenoxy) is 2. The first-order chi connectivity index (χ1) is 10.8. The lowest BCUT2D eigenvalue weighted by Crippen LogP contribution is -2.18. The van der Waals surface area contributed by atoms with E-state index in [1.807, 2.05) is 19.9 Å². The van der Waals surface area contributed by atoms with Gasteiger partial charge in [0, 0.05) is 19.8 Å². The van der Waals surface area contributed by atoms with E-state index in [0.29, 0.717) is 23.0 Å². The minimum atomic E-state index is -0.0762. The molecule has 0 unspecified atom stereocenters. The van der Waals surface area contributed by atoms with E-state index in [-0.39, 0.29) is 6.29 Å². The second-order valence-corrected chi connectivity index (χ2v) is 6.00. The molecule has 22 heavy (non-hydrogen) atoms. The van der Waals surface area contributed by atoms with Crippen LogP contribution < -0.4 is 0 Å². The fraction of sp³-hybridized carbons (Fsp3) is 0.556. The van der Waals surface area contributed by atoms with Crippen molar-refractivity contribution in [3.8, 4) is 0 Å². The van der Waals surface area contributed by atoms with Crippen LogP contribution >= 0.6 is 0 Å². The minimum Gasteiger partial charge on any atom is -0.417 e. The highest BCUT2D eigenvalue weighted by Crippen LogP contribution is 2.09. The average Bonchev–Trinajstić information content (AvgIpc) is 2.54. The van der Waals surface area contributed by atoms with E-state index >= 15 is 0 Å². The van der Waals surface area contributed by atoms with Gasteiger partial charge < -0.3 is 13.9 Å². The zero-order valence-corrected chi connectivity index (χ0v) is 14.8. The number of hydrogen-bond acceptors (Lipinski definition) is 3. The highest BCUT2D eigenvalue weighted by atomic mass is 28.2. The molecule has 3 nitrogen and oxygen atoms in total. The number of hydrogen-bond donors (Lipinski definition) is 0. The smallest absolute Gasteiger partial charge is 0.229 e. The van der Waals surface area contributed by atoms with Crippen LogP contribution in [0.2, 0.25) is 6.04 Å². The van der Waals surface area contributed by atoms with Crippen LogP contribution in [0, 0.1) is 0 Å². The third-order valence-electron chi connectivity index (χ3n) is 3.19. The van der Waals surface area contributed by atoms with Crippen molar-refractivity contribution in [2.75, 3.05) is 19.8 Å². The average molecular weight is 321 g/mol. The molecule has 4 heteroatoms. The number of aryl methyl sites for hydroxylation is 1. The lowest BCUT2D eigenvalue weighted by Gasteiger charge is -2.16. The van der Waals surface area contributed by atoms with Gasteiger partial charge >= 0.3 is 0 Å². The molecular formula is C18H28O3Si. The maximum absolute atomic E-state index is 5.72. The van der Waals surface area contributed by atoms with Crippen molar-refractivity contribution in [3.05, 3.63) is 42.0 Å². The summed E-state index contributed by atoms with van der Waals surface area (Å²) in [7, 11) is 0.523. The second-order valence-electron chi connectivity index (χ2n) is 4.92.